The van der Waals surface area contributed by atoms with E-state index in [-0.39, 0.29) is 5.91 Å². The van der Waals surface area contributed by atoms with E-state index < -0.39 is 0 Å². The summed E-state index contributed by atoms with van der Waals surface area (Å²) in [5.74, 6) is 1.01. The zero-order valence-electron chi connectivity index (χ0n) is 13.1. The molecule has 0 aromatic heterocycles. The number of benzene rings is 1. The topological polar surface area (TPSA) is 56.8 Å². The fourth-order valence-corrected chi connectivity index (χ4v) is 1.95. The Morgan fingerprint density at radius 2 is 2.00 bits per heavy atom. The lowest BCUT2D eigenvalue weighted by atomic mass is 10.1. The van der Waals surface area contributed by atoms with E-state index in [1.54, 1.807) is 33.5 Å². The van der Waals surface area contributed by atoms with Crippen LogP contribution in [0.1, 0.15) is 29.3 Å². The van der Waals surface area contributed by atoms with Gasteiger partial charge in [0.15, 0.2) is 11.5 Å². The van der Waals surface area contributed by atoms with Crippen molar-refractivity contribution >= 4 is 12.0 Å². The van der Waals surface area contributed by atoms with Crippen molar-refractivity contribution in [1.82, 2.24) is 5.32 Å². The smallest absolute Gasteiger partial charge is 0.251 e. The van der Waals surface area contributed by atoms with Crippen LogP contribution in [0.25, 0.3) is 6.08 Å². The lowest BCUT2D eigenvalue weighted by Gasteiger charge is -2.13. The monoisotopic (exact) mass is 293 g/mol. The largest absolute Gasteiger partial charge is 0.493 e. The molecule has 1 N–H and O–H groups in total. The summed E-state index contributed by atoms with van der Waals surface area (Å²) in [6.07, 6.45) is 4.54. The maximum atomic E-state index is 12.2. The number of ether oxygens (including phenoxy) is 3. The number of carbonyl (C=O) groups excluding carboxylic acids is 1. The Hall–Kier alpha value is -2.01. The minimum absolute atomic E-state index is 0.141. The SMILES string of the molecule is C/C=C/c1cc(C(=O)NCCCOC)cc(OC)c1OC. The van der Waals surface area contributed by atoms with Gasteiger partial charge in [0.25, 0.3) is 5.91 Å². The van der Waals surface area contributed by atoms with Gasteiger partial charge < -0.3 is 19.5 Å². The summed E-state index contributed by atoms with van der Waals surface area (Å²) < 4.78 is 15.6. The van der Waals surface area contributed by atoms with Crippen molar-refractivity contribution in [3.63, 3.8) is 0 Å². The Morgan fingerprint density at radius 3 is 2.57 bits per heavy atom. The van der Waals surface area contributed by atoms with Crippen LogP contribution in [0.2, 0.25) is 0 Å². The molecule has 0 spiro atoms. The van der Waals surface area contributed by atoms with E-state index in [4.69, 9.17) is 14.2 Å². The van der Waals surface area contributed by atoms with Crippen LogP contribution in [0.5, 0.6) is 11.5 Å². The van der Waals surface area contributed by atoms with Crippen LogP contribution in [0.3, 0.4) is 0 Å². The van der Waals surface area contributed by atoms with Crippen LogP contribution >= 0.6 is 0 Å². The molecule has 21 heavy (non-hydrogen) atoms. The van der Waals surface area contributed by atoms with Crippen LogP contribution in [-0.4, -0.2) is 40.4 Å². The number of carbonyl (C=O) groups is 1. The van der Waals surface area contributed by atoms with Gasteiger partial charge in [0, 0.05) is 31.4 Å². The highest BCUT2D eigenvalue weighted by atomic mass is 16.5. The second-order valence-corrected chi connectivity index (χ2v) is 4.40. The molecule has 0 saturated heterocycles. The third kappa shape index (κ3) is 4.79. The number of nitrogens with one attached hydrogen (secondary N) is 1. The maximum Gasteiger partial charge on any atom is 0.251 e. The highest BCUT2D eigenvalue weighted by molar-refractivity contribution is 5.95. The van der Waals surface area contributed by atoms with Gasteiger partial charge in [-0.05, 0) is 25.5 Å². The molecule has 5 nitrogen and oxygen atoms in total. The summed E-state index contributed by atoms with van der Waals surface area (Å²) in [4.78, 5) is 12.2. The fraction of sp³-hybridized carbons (Fsp3) is 0.438. The van der Waals surface area contributed by atoms with Gasteiger partial charge in [-0.3, -0.25) is 4.79 Å². The zero-order chi connectivity index (χ0) is 15.7. The molecule has 1 aromatic rings. The van der Waals surface area contributed by atoms with Crippen molar-refractivity contribution in [1.29, 1.82) is 0 Å². The molecule has 5 heteroatoms. The van der Waals surface area contributed by atoms with Gasteiger partial charge in [-0.25, -0.2) is 0 Å². The second kappa shape index (κ2) is 9.02. The zero-order valence-corrected chi connectivity index (χ0v) is 13.1. The van der Waals surface area contributed by atoms with Crippen molar-refractivity contribution in [2.75, 3.05) is 34.5 Å². The van der Waals surface area contributed by atoms with Crippen LogP contribution in [0.15, 0.2) is 18.2 Å². The Bertz CT molecular complexity index is 497. The lowest BCUT2D eigenvalue weighted by molar-refractivity contribution is 0.0948. The molecular formula is C16H23NO4. The van der Waals surface area contributed by atoms with E-state index in [1.807, 2.05) is 19.1 Å². The van der Waals surface area contributed by atoms with E-state index in [0.717, 1.165) is 12.0 Å². The minimum atomic E-state index is -0.141. The molecule has 0 saturated carbocycles. The highest BCUT2D eigenvalue weighted by Crippen LogP contribution is 2.33. The number of hydrogen-bond acceptors (Lipinski definition) is 4. The predicted molar refractivity (Wildman–Crippen MR) is 83.1 cm³/mol. The standard InChI is InChI=1S/C16H23NO4/c1-5-7-12-10-13(11-14(20-3)15(12)21-4)16(18)17-8-6-9-19-2/h5,7,10-11H,6,8-9H2,1-4H3,(H,17,18)/b7-5+. The fourth-order valence-electron chi connectivity index (χ4n) is 1.95. The molecule has 1 amide bonds. The van der Waals surface area contributed by atoms with E-state index in [2.05, 4.69) is 5.32 Å². The van der Waals surface area contributed by atoms with Gasteiger partial charge in [0.05, 0.1) is 14.2 Å². The number of rotatable bonds is 8. The molecule has 0 radical (unpaired) electrons. The summed E-state index contributed by atoms with van der Waals surface area (Å²) in [7, 11) is 4.77. The normalized spacial score (nSPS) is 10.7. The summed E-state index contributed by atoms with van der Waals surface area (Å²) in [5.41, 5.74) is 1.35. The first kappa shape index (κ1) is 17.0. The first-order valence-corrected chi connectivity index (χ1v) is 6.83. The van der Waals surface area contributed by atoms with Crippen molar-refractivity contribution in [3.05, 3.63) is 29.3 Å². The summed E-state index contributed by atoms with van der Waals surface area (Å²) in [6.45, 7) is 3.10. The molecule has 116 valence electrons. The average molecular weight is 293 g/mol. The van der Waals surface area contributed by atoms with Crippen LogP contribution in [0, 0.1) is 0 Å². The van der Waals surface area contributed by atoms with Crippen LogP contribution < -0.4 is 14.8 Å². The molecular weight excluding hydrogens is 270 g/mol. The molecule has 1 aromatic carbocycles. The van der Waals surface area contributed by atoms with Crippen molar-refractivity contribution in [2.45, 2.75) is 13.3 Å². The molecule has 0 aliphatic rings. The summed E-state index contributed by atoms with van der Waals surface area (Å²) in [5, 5.41) is 2.85. The van der Waals surface area contributed by atoms with Gasteiger partial charge in [-0.2, -0.15) is 0 Å². The van der Waals surface area contributed by atoms with Gasteiger partial charge in [-0.15, -0.1) is 0 Å². The van der Waals surface area contributed by atoms with Gasteiger partial charge in [-0.1, -0.05) is 12.2 Å². The molecule has 0 aliphatic heterocycles. The van der Waals surface area contributed by atoms with E-state index in [9.17, 15) is 4.79 Å². The Kier molecular flexibility index (Phi) is 7.32. The van der Waals surface area contributed by atoms with Crippen molar-refractivity contribution < 1.29 is 19.0 Å². The molecule has 0 heterocycles. The average Bonchev–Trinajstić information content (AvgIpc) is 2.50. The quantitative estimate of drug-likeness (QED) is 0.748. The molecule has 0 fully saturated rings. The number of amides is 1. The van der Waals surface area contributed by atoms with Crippen LogP contribution in [0.4, 0.5) is 0 Å². The van der Waals surface area contributed by atoms with Crippen molar-refractivity contribution in [2.24, 2.45) is 0 Å². The minimum Gasteiger partial charge on any atom is -0.493 e. The number of allylic oxidation sites excluding steroid dienone is 1. The van der Waals surface area contributed by atoms with E-state index >= 15 is 0 Å². The maximum absolute atomic E-state index is 12.2. The first-order chi connectivity index (χ1) is 10.2. The highest BCUT2D eigenvalue weighted by Gasteiger charge is 2.14. The third-order valence-electron chi connectivity index (χ3n) is 2.93. The molecule has 0 unspecified atom stereocenters. The second-order valence-electron chi connectivity index (χ2n) is 4.40. The first-order valence-electron chi connectivity index (χ1n) is 6.83. The Morgan fingerprint density at radius 1 is 1.24 bits per heavy atom. The van der Waals surface area contributed by atoms with E-state index in [1.165, 1.54) is 0 Å². The van der Waals surface area contributed by atoms with E-state index in [0.29, 0.717) is 30.2 Å². The summed E-state index contributed by atoms with van der Waals surface area (Å²) in [6, 6.07) is 3.46. The lowest BCUT2D eigenvalue weighted by Crippen LogP contribution is -2.25. The van der Waals surface area contributed by atoms with Crippen LogP contribution in [-0.2, 0) is 4.74 Å². The molecule has 0 atom stereocenters. The third-order valence-corrected chi connectivity index (χ3v) is 2.93. The Balaban J connectivity index is 2.96. The van der Waals surface area contributed by atoms with Crippen molar-refractivity contribution in [3.8, 4) is 11.5 Å². The molecule has 0 aliphatic carbocycles. The summed E-state index contributed by atoms with van der Waals surface area (Å²) >= 11 is 0. The number of methoxy groups -OCH3 is 3. The molecule has 0 bridgehead atoms. The predicted octanol–water partition coefficient (Wildman–Crippen LogP) is 2.50. The van der Waals surface area contributed by atoms with Gasteiger partial charge in [0.1, 0.15) is 0 Å². The molecule has 1 rings (SSSR count). The van der Waals surface area contributed by atoms with Gasteiger partial charge >= 0.3 is 0 Å². The Labute approximate surface area is 125 Å². The number of hydrogen-bond donors (Lipinski definition) is 1. The van der Waals surface area contributed by atoms with Gasteiger partial charge in [0.2, 0.25) is 0 Å².